The maximum absolute atomic E-state index is 10.9. The van der Waals surface area contributed by atoms with Crippen molar-refractivity contribution >= 4 is 13.8 Å². The molecule has 3 nitrogen and oxygen atoms in total. The first-order valence-electron chi connectivity index (χ1n) is 3.01. The number of Topliss-reactive ketones (excluding diaryl/α,β-unsaturated/α-hetero) is 1. The lowest BCUT2D eigenvalue weighted by molar-refractivity contribution is -0.123. The monoisotopic (exact) mass is 163 g/mol. The molecule has 0 aliphatic heterocycles. The second kappa shape index (κ2) is 3.22. The van der Waals surface area contributed by atoms with Gasteiger partial charge < -0.3 is 0 Å². The molecule has 1 atom stereocenters. The molecule has 1 N–H and O–H groups in total. The Bertz CT molecular complexity index is 157. The summed E-state index contributed by atoms with van der Waals surface area (Å²) in [6.45, 7) is 5.19. The summed E-state index contributed by atoms with van der Waals surface area (Å²) in [6.07, 6.45) is -0.223. The van der Waals surface area contributed by atoms with Gasteiger partial charge in [0.2, 0.25) is 6.16 Å². The summed E-state index contributed by atoms with van der Waals surface area (Å²) in [4.78, 5) is 19.3. The minimum atomic E-state index is -2.30. The van der Waals surface area contributed by atoms with Crippen LogP contribution < -0.4 is 0 Å². The molecule has 0 saturated heterocycles. The number of hydrogen-bond donors (Lipinski definition) is 1. The van der Waals surface area contributed by atoms with Gasteiger partial charge in [0, 0.05) is 5.41 Å². The minimum Gasteiger partial charge on any atom is -0.294 e. The molecule has 0 aromatic rings. The van der Waals surface area contributed by atoms with E-state index in [9.17, 15) is 9.36 Å². The Labute approximate surface area is 61.3 Å². The van der Waals surface area contributed by atoms with Crippen molar-refractivity contribution in [3.05, 3.63) is 0 Å². The van der Waals surface area contributed by atoms with Crippen molar-refractivity contribution in [2.45, 2.75) is 20.8 Å². The highest BCUT2D eigenvalue weighted by Gasteiger charge is 2.28. The Hall–Kier alpha value is -0.270. The van der Waals surface area contributed by atoms with Crippen LogP contribution in [0.4, 0.5) is 0 Å². The number of carbonyl (C=O) groups is 1. The Morgan fingerprint density at radius 2 is 1.90 bits per heavy atom. The van der Waals surface area contributed by atoms with Crippen molar-refractivity contribution in [1.82, 2.24) is 0 Å². The van der Waals surface area contributed by atoms with Gasteiger partial charge in [-0.3, -0.25) is 4.79 Å². The molecule has 0 heterocycles. The lowest BCUT2D eigenvalue weighted by Crippen LogP contribution is -2.21. The second-order valence-electron chi connectivity index (χ2n) is 3.18. The van der Waals surface area contributed by atoms with Crippen LogP contribution in [0.1, 0.15) is 20.8 Å². The Morgan fingerprint density at radius 3 is 2.00 bits per heavy atom. The van der Waals surface area contributed by atoms with E-state index in [0.29, 0.717) is 0 Å². The third-order valence-corrected chi connectivity index (χ3v) is 1.67. The molecule has 0 rings (SSSR count). The summed E-state index contributed by atoms with van der Waals surface area (Å²) in [6, 6.07) is 0. The highest BCUT2D eigenvalue weighted by molar-refractivity contribution is 7.39. The largest absolute Gasteiger partial charge is 0.513 e. The average Bonchev–Trinajstić information content (AvgIpc) is 1.60. The normalized spacial score (nSPS) is 13.0. The summed E-state index contributed by atoms with van der Waals surface area (Å²) >= 11 is 0. The van der Waals surface area contributed by atoms with Crippen molar-refractivity contribution in [1.29, 1.82) is 0 Å². The third-order valence-electron chi connectivity index (χ3n) is 1.12. The molecule has 0 amide bonds. The van der Waals surface area contributed by atoms with E-state index in [1.54, 1.807) is 20.8 Å². The molecule has 1 unspecified atom stereocenters. The molecule has 0 aromatic heterocycles. The second-order valence-corrected chi connectivity index (χ2v) is 4.20. The summed E-state index contributed by atoms with van der Waals surface area (Å²) in [5, 5.41) is 0. The van der Waals surface area contributed by atoms with Crippen LogP contribution in [0.25, 0.3) is 0 Å². The Balaban J connectivity index is 3.99. The van der Waals surface area contributed by atoms with Gasteiger partial charge in [-0.2, -0.15) is 4.89 Å². The molecule has 0 aliphatic rings. The summed E-state index contributed by atoms with van der Waals surface area (Å²) < 4.78 is 10.2. The van der Waals surface area contributed by atoms with Crippen LogP contribution in [-0.4, -0.2) is 16.8 Å². The van der Waals surface area contributed by atoms with Gasteiger partial charge in [-0.25, -0.2) is 0 Å². The van der Waals surface area contributed by atoms with Gasteiger partial charge in [0.15, 0.2) is 5.78 Å². The van der Waals surface area contributed by atoms with Gasteiger partial charge in [0.1, 0.15) is 0 Å². The van der Waals surface area contributed by atoms with Crippen LogP contribution in [0.15, 0.2) is 0 Å². The zero-order valence-electron chi connectivity index (χ0n) is 6.42. The van der Waals surface area contributed by atoms with Crippen molar-refractivity contribution < 1.29 is 14.3 Å². The highest BCUT2D eigenvalue weighted by Crippen LogP contribution is 2.21. The van der Waals surface area contributed by atoms with Gasteiger partial charge in [0.05, 0.1) is 0 Å². The van der Waals surface area contributed by atoms with Crippen LogP contribution in [0.5, 0.6) is 0 Å². The van der Waals surface area contributed by atoms with E-state index in [-0.39, 0.29) is 11.9 Å². The van der Waals surface area contributed by atoms with Gasteiger partial charge in [-0.1, -0.05) is 20.8 Å². The molecule has 0 saturated carbocycles. The Morgan fingerprint density at radius 1 is 1.50 bits per heavy atom. The molecule has 0 fully saturated rings. The van der Waals surface area contributed by atoms with E-state index in [4.69, 9.17) is 4.89 Å². The van der Waals surface area contributed by atoms with Crippen molar-refractivity contribution in [3.63, 3.8) is 0 Å². The molecule has 0 bridgehead atoms. The molecule has 10 heavy (non-hydrogen) atoms. The topological polar surface area (TPSA) is 54.4 Å². The number of rotatable bonds is 2. The molecule has 0 spiro atoms. The lowest BCUT2D eigenvalue weighted by Gasteiger charge is -2.11. The van der Waals surface area contributed by atoms with Crippen LogP contribution in [0.2, 0.25) is 0 Å². The summed E-state index contributed by atoms with van der Waals surface area (Å²) in [5.74, 6) is -0.170. The van der Waals surface area contributed by atoms with Crippen LogP contribution in [0, 0.1) is 5.41 Å². The van der Waals surface area contributed by atoms with Gasteiger partial charge >= 0.3 is 8.03 Å². The first-order chi connectivity index (χ1) is 4.34. The SMILES string of the molecule is CC(C)(C)C(=O)C[P+](=O)O. The van der Waals surface area contributed by atoms with Gasteiger partial charge in [-0.05, 0) is 4.57 Å². The fraction of sp³-hybridized carbons (Fsp3) is 0.833. The average molecular weight is 163 g/mol. The van der Waals surface area contributed by atoms with Crippen molar-refractivity contribution in [2.75, 3.05) is 6.16 Å². The minimum absolute atomic E-state index is 0.170. The fourth-order valence-corrected chi connectivity index (χ4v) is 1.08. The molecule has 4 heteroatoms. The van der Waals surface area contributed by atoms with E-state index in [0.717, 1.165) is 0 Å². The number of carbonyl (C=O) groups excluding carboxylic acids is 1. The molecule has 0 aliphatic carbocycles. The zero-order chi connectivity index (χ0) is 8.36. The van der Waals surface area contributed by atoms with E-state index in [1.807, 2.05) is 0 Å². The Kier molecular flexibility index (Phi) is 3.13. The third kappa shape index (κ3) is 3.70. The quantitative estimate of drug-likeness (QED) is 0.625. The molecular formula is C6H12O3P+. The number of ketones is 1. The van der Waals surface area contributed by atoms with Crippen molar-refractivity contribution in [3.8, 4) is 0 Å². The van der Waals surface area contributed by atoms with E-state index < -0.39 is 13.4 Å². The predicted octanol–water partition coefficient (Wildman–Crippen LogP) is 1.34. The van der Waals surface area contributed by atoms with E-state index in [1.165, 1.54) is 0 Å². The molecule has 0 aromatic carbocycles. The van der Waals surface area contributed by atoms with E-state index >= 15 is 0 Å². The zero-order valence-corrected chi connectivity index (χ0v) is 7.31. The number of hydrogen-bond acceptors (Lipinski definition) is 2. The van der Waals surface area contributed by atoms with Crippen LogP contribution in [-0.2, 0) is 9.36 Å². The van der Waals surface area contributed by atoms with Crippen molar-refractivity contribution in [2.24, 2.45) is 5.41 Å². The summed E-state index contributed by atoms with van der Waals surface area (Å²) in [7, 11) is -2.30. The smallest absolute Gasteiger partial charge is 0.294 e. The highest BCUT2D eigenvalue weighted by atomic mass is 31.1. The first-order valence-corrected chi connectivity index (χ1v) is 4.40. The first kappa shape index (κ1) is 9.73. The van der Waals surface area contributed by atoms with Crippen LogP contribution >= 0.6 is 8.03 Å². The maximum Gasteiger partial charge on any atom is 0.513 e. The van der Waals surface area contributed by atoms with E-state index in [2.05, 4.69) is 0 Å². The standard InChI is InChI=1S/C6H11O3P/c1-6(2,3)5(7)4-10(8)9/h4H2,1-3H3/p+1. The maximum atomic E-state index is 10.9. The fourth-order valence-electron chi connectivity index (χ4n) is 0.360. The molecule has 0 radical (unpaired) electrons. The van der Waals surface area contributed by atoms with Gasteiger partial charge in [0.25, 0.3) is 0 Å². The lowest BCUT2D eigenvalue weighted by atomic mass is 9.92. The summed E-state index contributed by atoms with van der Waals surface area (Å²) in [5.41, 5.74) is -0.492. The van der Waals surface area contributed by atoms with Gasteiger partial charge in [-0.15, -0.1) is 0 Å². The molecule has 58 valence electrons. The van der Waals surface area contributed by atoms with Crippen LogP contribution in [0.3, 0.4) is 0 Å². The predicted molar refractivity (Wildman–Crippen MR) is 39.2 cm³/mol. The molecular weight excluding hydrogens is 151 g/mol.